The molecule has 1 aliphatic carbocycles. The Morgan fingerprint density at radius 3 is 2.88 bits per heavy atom. The number of benzene rings is 1. The Morgan fingerprint density at radius 1 is 1.41 bits per heavy atom. The van der Waals surface area contributed by atoms with Crippen LogP contribution in [-0.4, -0.2) is 23.6 Å². The van der Waals surface area contributed by atoms with Gasteiger partial charge in [-0.1, -0.05) is 19.6 Å². The lowest BCUT2D eigenvalue weighted by Gasteiger charge is -2.32. The van der Waals surface area contributed by atoms with E-state index in [1.807, 2.05) is 13.0 Å². The molecule has 0 fully saturated rings. The van der Waals surface area contributed by atoms with Gasteiger partial charge in [0.25, 0.3) is 0 Å². The van der Waals surface area contributed by atoms with E-state index in [0.717, 1.165) is 69.6 Å². The van der Waals surface area contributed by atoms with Gasteiger partial charge in [-0.25, -0.2) is 9.37 Å². The number of hydrogen-bond donors (Lipinski definition) is 1. The first-order valence-corrected chi connectivity index (χ1v) is 11.3. The number of methoxy groups -OCH3 is 1. The van der Waals surface area contributed by atoms with E-state index >= 15 is 0 Å². The van der Waals surface area contributed by atoms with Crippen LogP contribution in [0.25, 0.3) is 16.6 Å². The second-order valence-electron chi connectivity index (χ2n) is 9.03. The molecule has 2 atom stereocenters. The molecule has 0 saturated heterocycles. The fourth-order valence-corrected chi connectivity index (χ4v) is 5.66. The molecule has 2 unspecified atom stereocenters. The quantitative estimate of drug-likeness (QED) is 0.638. The third-order valence-corrected chi connectivity index (χ3v) is 7.40. The molecule has 2 aliphatic heterocycles. The van der Waals surface area contributed by atoms with Crippen molar-refractivity contribution in [3.05, 3.63) is 82.0 Å². The predicted molar refractivity (Wildman–Crippen MR) is 127 cm³/mol. The number of allylic oxidation sites excluding steroid dienone is 3. The molecule has 32 heavy (non-hydrogen) atoms. The number of nitrogens with two attached hydrogens (primary N) is 1. The van der Waals surface area contributed by atoms with Crippen LogP contribution in [0.3, 0.4) is 0 Å². The van der Waals surface area contributed by atoms with E-state index in [4.69, 9.17) is 15.5 Å². The first-order valence-electron chi connectivity index (χ1n) is 11.3. The number of aryl methyl sites for hydroxylation is 1. The molecule has 0 bridgehead atoms. The first kappa shape index (κ1) is 21.1. The van der Waals surface area contributed by atoms with Gasteiger partial charge in [0, 0.05) is 47.4 Å². The van der Waals surface area contributed by atoms with Gasteiger partial charge < -0.3 is 15.4 Å². The lowest BCUT2D eigenvalue weighted by molar-refractivity contribution is 0.222. The number of rotatable bonds is 5. The Morgan fingerprint density at radius 2 is 2.19 bits per heavy atom. The Hall–Kier alpha value is -2.76. The van der Waals surface area contributed by atoms with Gasteiger partial charge >= 0.3 is 0 Å². The smallest absolute Gasteiger partial charge is 0.128 e. The normalized spacial score (nSPS) is 20.4. The Kier molecular flexibility index (Phi) is 5.06. The van der Waals surface area contributed by atoms with E-state index in [0.29, 0.717) is 18.7 Å². The van der Waals surface area contributed by atoms with E-state index in [1.165, 1.54) is 5.57 Å². The summed E-state index contributed by atoms with van der Waals surface area (Å²) in [5.41, 5.74) is 16.5. The molecular weight excluding hydrogens is 401 g/mol. The van der Waals surface area contributed by atoms with Crippen molar-refractivity contribution in [2.75, 3.05) is 13.7 Å². The van der Waals surface area contributed by atoms with Gasteiger partial charge in [0.05, 0.1) is 30.1 Å². The number of aromatic nitrogens is 1. The van der Waals surface area contributed by atoms with Crippen molar-refractivity contribution < 1.29 is 9.13 Å². The molecule has 2 aromatic rings. The molecule has 5 heteroatoms. The van der Waals surface area contributed by atoms with Crippen LogP contribution in [0.15, 0.2) is 48.2 Å². The van der Waals surface area contributed by atoms with Gasteiger partial charge in [0.2, 0.25) is 0 Å². The predicted octanol–water partition coefficient (Wildman–Crippen LogP) is 5.47. The maximum Gasteiger partial charge on any atom is 0.128 e. The summed E-state index contributed by atoms with van der Waals surface area (Å²) in [6.45, 7) is 13.7. The van der Waals surface area contributed by atoms with Crippen LogP contribution in [0.2, 0.25) is 0 Å². The number of ether oxygens (including phenoxy) is 1. The molecule has 1 aromatic heterocycles. The van der Waals surface area contributed by atoms with Crippen molar-refractivity contribution in [1.29, 1.82) is 0 Å². The molecule has 5 rings (SSSR count). The van der Waals surface area contributed by atoms with Crippen LogP contribution >= 0.6 is 0 Å². The van der Waals surface area contributed by atoms with Gasteiger partial charge in [0.1, 0.15) is 5.82 Å². The first-order chi connectivity index (χ1) is 15.4. The minimum Gasteiger partial charge on any atom is -0.380 e. The Bertz CT molecular complexity index is 1240. The summed E-state index contributed by atoms with van der Waals surface area (Å²) in [7, 11) is 1.71. The van der Waals surface area contributed by atoms with E-state index in [2.05, 4.69) is 31.1 Å². The third kappa shape index (κ3) is 2.84. The standard InChI is InChI=1S/C27H30FN3O/c1-6-16(7-2)18-10-24-27-19(12-31(24)15(4)20(18)13-32-5)25-22(29)9-8-17-14(3)21(28)11-23(30-27)26(17)25/h6,10-11,16,22H,1,4,7-9,12-13,29H2,2-3,5H3. The SMILES string of the molecule is C=CC(CC)C1=C(COC)C(=C)N2Cc3c(nc4cc(F)c(C)c5c4c3C(N)CC5)C2=C1. The molecule has 4 nitrogen and oxygen atoms in total. The number of halogens is 1. The lowest BCUT2D eigenvalue weighted by Crippen LogP contribution is -2.24. The Labute approximate surface area is 189 Å². The maximum atomic E-state index is 14.7. The minimum absolute atomic E-state index is 0.0794. The second-order valence-corrected chi connectivity index (χ2v) is 9.03. The van der Waals surface area contributed by atoms with Crippen molar-refractivity contribution in [2.45, 2.75) is 45.7 Å². The van der Waals surface area contributed by atoms with Gasteiger partial charge in [-0.2, -0.15) is 0 Å². The zero-order valence-electron chi connectivity index (χ0n) is 19.1. The maximum absolute atomic E-state index is 14.7. The molecule has 3 heterocycles. The van der Waals surface area contributed by atoms with Crippen molar-refractivity contribution in [3.8, 4) is 0 Å². The highest BCUT2D eigenvalue weighted by Crippen LogP contribution is 2.48. The van der Waals surface area contributed by atoms with Crippen LogP contribution < -0.4 is 5.73 Å². The summed E-state index contributed by atoms with van der Waals surface area (Å²) < 4.78 is 20.3. The molecule has 1 aromatic carbocycles. The van der Waals surface area contributed by atoms with Crippen molar-refractivity contribution in [2.24, 2.45) is 11.7 Å². The summed E-state index contributed by atoms with van der Waals surface area (Å²) in [5, 5.41) is 1.05. The highest BCUT2D eigenvalue weighted by molar-refractivity contribution is 5.93. The molecular formula is C27H30FN3O. The van der Waals surface area contributed by atoms with Crippen LogP contribution in [0.5, 0.6) is 0 Å². The van der Waals surface area contributed by atoms with E-state index in [-0.39, 0.29) is 17.8 Å². The number of fused-ring (bicyclic) bond motifs is 4. The van der Waals surface area contributed by atoms with Gasteiger partial charge in [-0.3, -0.25) is 0 Å². The van der Waals surface area contributed by atoms with E-state index in [9.17, 15) is 4.39 Å². The average molecular weight is 432 g/mol. The third-order valence-electron chi connectivity index (χ3n) is 7.40. The summed E-state index contributed by atoms with van der Waals surface area (Å²) in [4.78, 5) is 7.22. The zero-order chi connectivity index (χ0) is 22.7. The zero-order valence-corrected chi connectivity index (χ0v) is 19.1. The molecule has 0 saturated carbocycles. The summed E-state index contributed by atoms with van der Waals surface area (Å²) in [6, 6.07) is 1.49. The van der Waals surface area contributed by atoms with Crippen molar-refractivity contribution in [1.82, 2.24) is 9.88 Å². The van der Waals surface area contributed by atoms with Crippen LogP contribution in [0.1, 0.15) is 53.8 Å². The highest BCUT2D eigenvalue weighted by Gasteiger charge is 2.38. The number of hydrogen-bond acceptors (Lipinski definition) is 4. The van der Waals surface area contributed by atoms with Gasteiger partial charge in [-0.15, -0.1) is 6.58 Å². The number of pyridine rings is 1. The van der Waals surface area contributed by atoms with Crippen LogP contribution in [-0.2, 0) is 17.7 Å². The fourth-order valence-electron chi connectivity index (χ4n) is 5.66. The average Bonchev–Trinajstić information content (AvgIpc) is 3.14. The molecule has 0 radical (unpaired) electrons. The molecule has 0 amide bonds. The number of nitrogens with zero attached hydrogens (tertiary/aromatic N) is 2. The molecule has 0 spiro atoms. The van der Waals surface area contributed by atoms with Crippen molar-refractivity contribution in [3.63, 3.8) is 0 Å². The largest absolute Gasteiger partial charge is 0.380 e. The monoisotopic (exact) mass is 431 g/mol. The van der Waals surface area contributed by atoms with Crippen molar-refractivity contribution >= 4 is 16.6 Å². The lowest BCUT2D eigenvalue weighted by atomic mass is 9.82. The van der Waals surface area contributed by atoms with Gasteiger partial charge in [0.15, 0.2) is 0 Å². The fraction of sp³-hybridized carbons (Fsp3) is 0.370. The topological polar surface area (TPSA) is 51.4 Å². The summed E-state index contributed by atoms with van der Waals surface area (Å²) >= 11 is 0. The van der Waals surface area contributed by atoms with E-state index < -0.39 is 0 Å². The summed E-state index contributed by atoms with van der Waals surface area (Å²) in [6.07, 6.45) is 6.73. The summed E-state index contributed by atoms with van der Waals surface area (Å²) in [5.74, 6) is 0.00212. The minimum atomic E-state index is -0.195. The van der Waals surface area contributed by atoms with E-state index in [1.54, 1.807) is 13.2 Å². The second kappa shape index (κ2) is 7.68. The van der Waals surface area contributed by atoms with Gasteiger partial charge in [-0.05, 0) is 54.5 Å². The molecule has 3 aliphatic rings. The Balaban J connectivity index is 1.79. The van der Waals surface area contributed by atoms with Crippen LogP contribution in [0.4, 0.5) is 4.39 Å². The highest BCUT2D eigenvalue weighted by atomic mass is 19.1. The van der Waals surface area contributed by atoms with Crippen LogP contribution in [0, 0.1) is 18.7 Å². The molecule has 166 valence electrons. The molecule has 2 N–H and O–H groups in total.